The molecule has 0 aromatic rings. The van der Waals surface area contributed by atoms with E-state index in [1.807, 2.05) is 11.9 Å². The first-order valence-electron chi connectivity index (χ1n) is 2.67. The highest BCUT2D eigenvalue weighted by atomic mass is 32.1. The molecule has 0 amide bonds. The molecule has 46 valence electrons. The van der Waals surface area contributed by atoms with Gasteiger partial charge >= 0.3 is 0 Å². The van der Waals surface area contributed by atoms with Gasteiger partial charge in [0.2, 0.25) is 0 Å². The highest BCUT2D eigenvalue weighted by Crippen LogP contribution is 2.25. The number of rotatable bonds is 1. The molecule has 0 aliphatic heterocycles. The average Bonchev–Trinajstić information content (AvgIpc) is 2.43. The first kappa shape index (κ1) is 6.36. The molecule has 1 rings (SSSR count). The first-order valence-corrected chi connectivity index (χ1v) is 3.53. The molecular formula is C5H9NS2. The highest BCUT2D eigenvalue weighted by molar-refractivity contribution is 8.10. The summed E-state index contributed by atoms with van der Waals surface area (Å²) in [6.07, 6.45) is 2.58. The summed E-state index contributed by atoms with van der Waals surface area (Å²) >= 11 is 8.85. The first-order chi connectivity index (χ1) is 3.72. The lowest BCUT2D eigenvalue weighted by Crippen LogP contribution is -2.22. The van der Waals surface area contributed by atoms with Crippen LogP contribution in [0.15, 0.2) is 0 Å². The quantitative estimate of drug-likeness (QED) is 0.440. The molecule has 3 heteroatoms. The molecule has 0 bridgehead atoms. The lowest BCUT2D eigenvalue weighted by molar-refractivity contribution is 0.514. The lowest BCUT2D eigenvalue weighted by atomic mass is 10.6. The Morgan fingerprint density at radius 1 is 1.75 bits per heavy atom. The Hall–Kier alpha value is 0.240. The second-order valence-electron chi connectivity index (χ2n) is 2.12. The maximum absolute atomic E-state index is 4.82. The van der Waals surface area contributed by atoms with Crippen LogP contribution in [0.25, 0.3) is 0 Å². The minimum absolute atomic E-state index is 0.708. The van der Waals surface area contributed by atoms with E-state index >= 15 is 0 Å². The Kier molecular flexibility index (Phi) is 1.77. The maximum atomic E-state index is 4.82. The van der Waals surface area contributed by atoms with Crippen LogP contribution in [0.1, 0.15) is 12.8 Å². The van der Waals surface area contributed by atoms with Crippen molar-refractivity contribution >= 4 is 29.2 Å². The Morgan fingerprint density at radius 2 is 2.25 bits per heavy atom. The van der Waals surface area contributed by atoms with Gasteiger partial charge in [0.25, 0.3) is 0 Å². The fraction of sp³-hybridized carbons (Fsp3) is 0.800. The van der Waals surface area contributed by atoms with Gasteiger partial charge in [-0.2, -0.15) is 0 Å². The summed E-state index contributed by atoms with van der Waals surface area (Å²) in [6.45, 7) is 0. The van der Waals surface area contributed by atoms with E-state index in [1.54, 1.807) is 0 Å². The second kappa shape index (κ2) is 2.23. The molecule has 0 aromatic heterocycles. The predicted molar refractivity (Wildman–Crippen MR) is 42.4 cm³/mol. The van der Waals surface area contributed by atoms with Crippen molar-refractivity contribution in [2.45, 2.75) is 18.9 Å². The van der Waals surface area contributed by atoms with Crippen LogP contribution in [0.5, 0.6) is 0 Å². The molecule has 0 atom stereocenters. The highest BCUT2D eigenvalue weighted by Gasteiger charge is 2.26. The van der Waals surface area contributed by atoms with E-state index in [-0.39, 0.29) is 0 Å². The molecule has 1 fully saturated rings. The fourth-order valence-corrected chi connectivity index (χ4v) is 0.930. The topological polar surface area (TPSA) is 3.24 Å². The minimum Gasteiger partial charge on any atom is -0.358 e. The van der Waals surface area contributed by atoms with Gasteiger partial charge in [0.15, 0.2) is 0 Å². The van der Waals surface area contributed by atoms with Crippen LogP contribution >= 0.6 is 24.8 Å². The molecule has 0 N–H and O–H groups in total. The fourth-order valence-electron chi connectivity index (χ4n) is 0.618. The summed E-state index contributed by atoms with van der Waals surface area (Å²) in [4.78, 5) is 2.04. The smallest absolute Gasteiger partial charge is 0.133 e. The van der Waals surface area contributed by atoms with Crippen molar-refractivity contribution in [2.24, 2.45) is 0 Å². The summed E-state index contributed by atoms with van der Waals surface area (Å²) in [6, 6.07) is 0.708. The maximum Gasteiger partial charge on any atom is 0.133 e. The van der Waals surface area contributed by atoms with Crippen LogP contribution in [0.2, 0.25) is 0 Å². The number of hydrogen-bond donors (Lipinski definition) is 1. The molecule has 1 aliphatic carbocycles. The van der Waals surface area contributed by atoms with Crippen LogP contribution in [-0.2, 0) is 0 Å². The predicted octanol–water partition coefficient (Wildman–Crippen LogP) is 1.30. The zero-order valence-electron chi connectivity index (χ0n) is 4.79. The standard InChI is InChI=1S/C5H9NS2/c1-6(5(7)8)4-2-3-4/h4H,2-3H2,1H3,(H,7,8). The number of nitrogens with zero attached hydrogens (tertiary/aromatic N) is 1. The second-order valence-corrected chi connectivity index (χ2v) is 3.24. The van der Waals surface area contributed by atoms with Crippen molar-refractivity contribution < 1.29 is 0 Å². The van der Waals surface area contributed by atoms with E-state index in [4.69, 9.17) is 12.2 Å². The van der Waals surface area contributed by atoms with Gasteiger partial charge in [-0.1, -0.05) is 12.2 Å². The van der Waals surface area contributed by atoms with Gasteiger partial charge in [0.05, 0.1) is 0 Å². The molecule has 8 heavy (non-hydrogen) atoms. The monoisotopic (exact) mass is 147 g/mol. The van der Waals surface area contributed by atoms with Crippen molar-refractivity contribution in [1.29, 1.82) is 0 Å². The number of hydrogen-bond acceptors (Lipinski definition) is 1. The molecule has 0 spiro atoms. The molecular weight excluding hydrogens is 138 g/mol. The Balaban J connectivity index is 2.32. The third-order valence-electron chi connectivity index (χ3n) is 1.40. The van der Waals surface area contributed by atoms with Gasteiger partial charge in [-0.05, 0) is 12.8 Å². The van der Waals surface area contributed by atoms with Crippen molar-refractivity contribution in [1.82, 2.24) is 4.90 Å². The van der Waals surface area contributed by atoms with E-state index in [0.717, 1.165) is 0 Å². The Bertz CT molecular complexity index is 109. The van der Waals surface area contributed by atoms with Crippen LogP contribution in [0.4, 0.5) is 0 Å². The summed E-state index contributed by atoms with van der Waals surface area (Å²) in [5, 5.41) is 0. The lowest BCUT2D eigenvalue weighted by Gasteiger charge is -2.13. The largest absolute Gasteiger partial charge is 0.358 e. The van der Waals surface area contributed by atoms with E-state index < -0.39 is 0 Å². The van der Waals surface area contributed by atoms with Gasteiger partial charge in [0, 0.05) is 13.1 Å². The van der Waals surface area contributed by atoms with Crippen LogP contribution in [0, 0.1) is 0 Å². The van der Waals surface area contributed by atoms with Gasteiger partial charge in [-0.25, -0.2) is 0 Å². The van der Waals surface area contributed by atoms with Gasteiger partial charge in [-0.3, -0.25) is 0 Å². The van der Waals surface area contributed by atoms with Crippen LogP contribution in [0.3, 0.4) is 0 Å². The van der Waals surface area contributed by atoms with Gasteiger partial charge < -0.3 is 4.90 Å². The number of thiol groups is 1. The molecule has 0 unspecified atom stereocenters. The van der Waals surface area contributed by atoms with E-state index in [0.29, 0.717) is 10.4 Å². The third kappa shape index (κ3) is 1.36. The van der Waals surface area contributed by atoms with E-state index in [2.05, 4.69) is 12.6 Å². The number of thiocarbonyl (C=S) groups is 1. The SMILES string of the molecule is CN(C(=S)S)C1CC1. The van der Waals surface area contributed by atoms with Gasteiger partial charge in [-0.15, -0.1) is 12.6 Å². The molecule has 0 radical (unpaired) electrons. The van der Waals surface area contributed by atoms with Crippen molar-refractivity contribution in [2.75, 3.05) is 7.05 Å². The van der Waals surface area contributed by atoms with E-state index in [9.17, 15) is 0 Å². The van der Waals surface area contributed by atoms with Crippen molar-refractivity contribution in [3.63, 3.8) is 0 Å². The molecule has 0 heterocycles. The summed E-state index contributed by atoms with van der Waals surface area (Å²) in [5.74, 6) is 0. The summed E-state index contributed by atoms with van der Waals surface area (Å²) in [7, 11) is 1.99. The molecule has 0 aromatic carbocycles. The molecule has 0 saturated heterocycles. The van der Waals surface area contributed by atoms with Crippen molar-refractivity contribution in [3.05, 3.63) is 0 Å². The summed E-state index contributed by atoms with van der Waals surface area (Å²) in [5.41, 5.74) is 0. The minimum atomic E-state index is 0.708. The van der Waals surface area contributed by atoms with Crippen LogP contribution < -0.4 is 0 Å². The van der Waals surface area contributed by atoms with Crippen molar-refractivity contribution in [3.8, 4) is 0 Å². The van der Waals surface area contributed by atoms with Crippen LogP contribution in [-0.4, -0.2) is 22.3 Å². The molecule has 1 saturated carbocycles. The third-order valence-corrected chi connectivity index (χ3v) is 2.00. The average molecular weight is 147 g/mol. The zero-order chi connectivity index (χ0) is 6.15. The summed E-state index contributed by atoms with van der Waals surface area (Å²) < 4.78 is 0.715. The Labute approximate surface area is 60.5 Å². The molecule has 1 aliphatic rings. The zero-order valence-corrected chi connectivity index (χ0v) is 6.51. The normalized spacial score (nSPS) is 18.2. The Morgan fingerprint density at radius 3 is 2.38 bits per heavy atom. The van der Waals surface area contributed by atoms with E-state index in [1.165, 1.54) is 12.8 Å². The molecule has 1 nitrogen and oxygen atoms in total. The van der Waals surface area contributed by atoms with Gasteiger partial charge in [0.1, 0.15) is 4.32 Å².